The van der Waals surface area contributed by atoms with Gasteiger partial charge in [0.2, 0.25) is 5.91 Å². The van der Waals surface area contributed by atoms with Gasteiger partial charge in [0.25, 0.3) is 0 Å². The molecule has 4 nitrogen and oxygen atoms in total. The van der Waals surface area contributed by atoms with Crippen molar-refractivity contribution in [2.24, 2.45) is 0 Å². The molecule has 0 heterocycles. The second-order valence-electron chi connectivity index (χ2n) is 4.97. The monoisotopic (exact) mass is 333 g/mol. The molecule has 0 saturated heterocycles. The van der Waals surface area contributed by atoms with E-state index in [0.717, 1.165) is 11.8 Å². The smallest absolute Gasteiger partial charge is 0.228 e. The van der Waals surface area contributed by atoms with Gasteiger partial charge in [-0.25, -0.2) is 12.8 Å². The molecular formula is C17H16FNO3S. The van der Waals surface area contributed by atoms with Crippen molar-refractivity contribution >= 4 is 27.5 Å². The van der Waals surface area contributed by atoms with E-state index in [4.69, 9.17) is 0 Å². The van der Waals surface area contributed by atoms with E-state index in [1.807, 2.05) is 0 Å². The zero-order chi connectivity index (χ0) is 16.9. The lowest BCUT2D eigenvalue weighted by atomic mass is 10.2. The number of carbonyl (C=O) groups excluding carboxylic acids is 1. The highest BCUT2D eigenvalue weighted by molar-refractivity contribution is 7.90. The van der Waals surface area contributed by atoms with E-state index >= 15 is 0 Å². The quantitative estimate of drug-likeness (QED) is 0.913. The molecule has 0 spiro atoms. The molecule has 1 N–H and O–H groups in total. The number of sulfone groups is 1. The van der Waals surface area contributed by atoms with E-state index in [-0.39, 0.29) is 28.7 Å². The molecule has 120 valence electrons. The summed E-state index contributed by atoms with van der Waals surface area (Å²) in [5, 5.41) is 2.58. The molecule has 2 aromatic rings. The largest absolute Gasteiger partial charge is 0.325 e. The number of carbonyl (C=O) groups is 1. The molecule has 0 unspecified atom stereocenters. The Hall–Kier alpha value is -2.47. The number of anilines is 1. The summed E-state index contributed by atoms with van der Waals surface area (Å²) < 4.78 is 36.1. The highest BCUT2D eigenvalue weighted by Gasteiger charge is 2.13. The molecule has 23 heavy (non-hydrogen) atoms. The molecule has 0 aromatic heterocycles. The molecule has 0 fully saturated rings. The Morgan fingerprint density at radius 2 is 1.78 bits per heavy atom. The second-order valence-corrected chi connectivity index (χ2v) is 6.96. The van der Waals surface area contributed by atoms with E-state index in [1.54, 1.807) is 36.4 Å². The molecule has 0 aliphatic rings. The zero-order valence-electron chi connectivity index (χ0n) is 12.5. The Balaban J connectivity index is 2.02. The van der Waals surface area contributed by atoms with Crippen LogP contribution in [0.25, 0.3) is 6.08 Å². The van der Waals surface area contributed by atoms with Crippen molar-refractivity contribution < 1.29 is 17.6 Å². The third-order valence-electron chi connectivity index (χ3n) is 3.04. The van der Waals surface area contributed by atoms with Gasteiger partial charge in [0, 0.05) is 12.7 Å². The molecule has 6 heteroatoms. The number of hydrogen-bond donors (Lipinski definition) is 1. The number of halogens is 1. The second kappa shape index (κ2) is 7.19. The third kappa shape index (κ3) is 5.03. The van der Waals surface area contributed by atoms with Crippen LogP contribution in [0.2, 0.25) is 0 Å². The molecule has 0 radical (unpaired) electrons. The van der Waals surface area contributed by atoms with Crippen molar-refractivity contribution in [3.63, 3.8) is 0 Å². The summed E-state index contributed by atoms with van der Waals surface area (Å²) in [5.74, 6) is -0.656. The first-order valence-corrected chi connectivity index (χ1v) is 8.76. The normalized spacial score (nSPS) is 11.6. The van der Waals surface area contributed by atoms with E-state index in [2.05, 4.69) is 5.32 Å². The lowest BCUT2D eigenvalue weighted by Gasteiger charge is -2.08. The molecule has 0 aliphatic carbocycles. The Morgan fingerprint density at radius 3 is 2.43 bits per heavy atom. The Labute approximate surface area is 134 Å². The minimum absolute atomic E-state index is 0.0788. The fourth-order valence-corrected chi connectivity index (χ4v) is 2.81. The van der Waals surface area contributed by atoms with Crippen LogP contribution in [0.3, 0.4) is 0 Å². The lowest BCUT2D eigenvalue weighted by Crippen LogP contribution is -2.13. The van der Waals surface area contributed by atoms with Crippen molar-refractivity contribution in [2.75, 3.05) is 11.6 Å². The van der Waals surface area contributed by atoms with Gasteiger partial charge < -0.3 is 5.32 Å². The van der Waals surface area contributed by atoms with E-state index in [1.165, 1.54) is 24.3 Å². The molecular weight excluding hydrogens is 317 g/mol. The van der Waals surface area contributed by atoms with E-state index < -0.39 is 9.84 Å². The number of benzene rings is 2. The average Bonchev–Trinajstić information content (AvgIpc) is 2.49. The number of rotatable bonds is 5. The molecule has 2 aromatic carbocycles. The van der Waals surface area contributed by atoms with Crippen LogP contribution >= 0.6 is 0 Å². The van der Waals surface area contributed by atoms with Crippen molar-refractivity contribution in [3.8, 4) is 0 Å². The summed E-state index contributed by atoms with van der Waals surface area (Å²) in [6.45, 7) is 0. The van der Waals surface area contributed by atoms with Gasteiger partial charge in [-0.2, -0.15) is 0 Å². The minimum Gasteiger partial charge on any atom is -0.325 e. The van der Waals surface area contributed by atoms with Gasteiger partial charge in [-0.1, -0.05) is 36.4 Å². The molecule has 0 bridgehead atoms. The minimum atomic E-state index is -3.41. The first-order valence-electron chi connectivity index (χ1n) is 6.87. The number of hydrogen-bond acceptors (Lipinski definition) is 3. The fraction of sp³-hybridized carbons (Fsp3) is 0.118. The fourth-order valence-electron chi connectivity index (χ4n) is 1.97. The molecule has 2 rings (SSSR count). The zero-order valence-corrected chi connectivity index (χ0v) is 13.3. The van der Waals surface area contributed by atoms with Gasteiger partial charge >= 0.3 is 0 Å². The SMILES string of the molecule is CS(=O)(=O)c1ccccc1NC(=O)C/C=C/c1ccc(F)cc1. The molecule has 0 atom stereocenters. The summed E-state index contributed by atoms with van der Waals surface area (Å²) in [4.78, 5) is 12.0. The predicted molar refractivity (Wildman–Crippen MR) is 88.2 cm³/mol. The maximum absolute atomic E-state index is 12.8. The van der Waals surface area contributed by atoms with Crippen molar-refractivity contribution in [2.45, 2.75) is 11.3 Å². The van der Waals surface area contributed by atoms with Gasteiger partial charge in [-0.15, -0.1) is 0 Å². The van der Waals surface area contributed by atoms with Crippen LogP contribution in [0.4, 0.5) is 10.1 Å². The van der Waals surface area contributed by atoms with Gasteiger partial charge in [-0.05, 0) is 29.8 Å². The topological polar surface area (TPSA) is 63.2 Å². The summed E-state index contributed by atoms with van der Waals surface area (Å²) in [5.41, 5.74) is 1.03. The van der Waals surface area contributed by atoms with Crippen LogP contribution in [0.1, 0.15) is 12.0 Å². The molecule has 0 aliphatic heterocycles. The van der Waals surface area contributed by atoms with E-state index in [0.29, 0.717) is 0 Å². The van der Waals surface area contributed by atoms with Crippen molar-refractivity contribution in [1.82, 2.24) is 0 Å². The summed E-state index contributed by atoms with van der Waals surface area (Å²) >= 11 is 0. The van der Waals surface area contributed by atoms with Gasteiger partial charge in [0.05, 0.1) is 10.6 Å². The molecule has 1 amide bonds. The number of nitrogens with one attached hydrogen (secondary N) is 1. The van der Waals surface area contributed by atoms with Crippen LogP contribution < -0.4 is 5.32 Å². The highest BCUT2D eigenvalue weighted by atomic mass is 32.2. The number of amides is 1. The van der Waals surface area contributed by atoms with Crippen LogP contribution in [-0.4, -0.2) is 20.6 Å². The first-order chi connectivity index (χ1) is 10.9. The Bertz CT molecular complexity index is 827. The van der Waals surface area contributed by atoms with Crippen LogP contribution in [0.5, 0.6) is 0 Å². The standard InChI is InChI=1S/C17H16FNO3S/c1-23(21,22)16-7-3-2-6-15(16)19-17(20)8-4-5-13-9-11-14(18)12-10-13/h2-7,9-12H,8H2,1H3,(H,19,20)/b5-4+. The van der Waals surface area contributed by atoms with Crippen LogP contribution in [0.15, 0.2) is 59.5 Å². The Morgan fingerprint density at radius 1 is 1.13 bits per heavy atom. The summed E-state index contributed by atoms with van der Waals surface area (Å²) in [6.07, 6.45) is 4.50. The van der Waals surface area contributed by atoms with Gasteiger partial charge in [0.15, 0.2) is 9.84 Å². The van der Waals surface area contributed by atoms with Crippen LogP contribution in [0, 0.1) is 5.82 Å². The van der Waals surface area contributed by atoms with Gasteiger partial charge in [-0.3, -0.25) is 4.79 Å². The van der Waals surface area contributed by atoms with Gasteiger partial charge in [0.1, 0.15) is 5.82 Å². The summed E-state index contributed by atoms with van der Waals surface area (Å²) in [7, 11) is -3.41. The lowest BCUT2D eigenvalue weighted by molar-refractivity contribution is -0.115. The van der Waals surface area contributed by atoms with Crippen molar-refractivity contribution in [1.29, 1.82) is 0 Å². The number of para-hydroxylation sites is 1. The predicted octanol–water partition coefficient (Wildman–Crippen LogP) is 3.27. The maximum atomic E-state index is 12.8. The van der Waals surface area contributed by atoms with E-state index in [9.17, 15) is 17.6 Å². The Kier molecular flexibility index (Phi) is 5.28. The third-order valence-corrected chi connectivity index (χ3v) is 4.20. The molecule has 0 saturated carbocycles. The first kappa shape index (κ1) is 16.9. The van der Waals surface area contributed by atoms with Crippen LogP contribution in [-0.2, 0) is 14.6 Å². The summed E-state index contributed by atoms with van der Waals surface area (Å²) in [6, 6.07) is 12.1. The van der Waals surface area contributed by atoms with Crippen molar-refractivity contribution in [3.05, 3.63) is 66.0 Å². The maximum Gasteiger partial charge on any atom is 0.228 e. The average molecular weight is 333 g/mol. The highest BCUT2D eigenvalue weighted by Crippen LogP contribution is 2.20.